The zero-order valence-electron chi connectivity index (χ0n) is 11.8. The van der Waals surface area contributed by atoms with Crippen LogP contribution >= 0.6 is 0 Å². The second-order valence-corrected chi connectivity index (χ2v) is 5.04. The van der Waals surface area contributed by atoms with E-state index in [2.05, 4.69) is 10.6 Å². The Morgan fingerprint density at radius 1 is 1.24 bits per heavy atom. The summed E-state index contributed by atoms with van der Waals surface area (Å²) in [5.41, 5.74) is 1.09. The summed E-state index contributed by atoms with van der Waals surface area (Å²) >= 11 is 0. The summed E-state index contributed by atoms with van der Waals surface area (Å²) in [7, 11) is 0. The number of hydrogen-bond donors (Lipinski definition) is 3. The fraction of sp³-hybridized carbons (Fsp3) is 0.467. The van der Waals surface area contributed by atoms with E-state index in [0.717, 1.165) is 31.4 Å². The Hall–Kier alpha value is -2.08. The molecule has 0 aliphatic carbocycles. The van der Waals surface area contributed by atoms with Gasteiger partial charge in [0, 0.05) is 19.7 Å². The SMILES string of the molecule is O=C(NCCC1CCCO1)NCc1ccc(C(=O)O)cc1. The Morgan fingerprint density at radius 2 is 2.00 bits per heavy atom. The molecule has 0 saturated carbocycles. The van der Waals surface area contributed by atoms with E-state index in [1.807, 2.05) is 0 Å². The van der Waals surface area contributed by atoms with E-state index in [0.29, 0.717) is 13.1 Å². The fourth-order valence-corrected chi connectivity index (χ4v) is 2.23. The van der Waals surface area contributed by atoms with Crippen molar-refractivity contribution >= 4 is 12.0 Å². The van der Waals surface area contributed by atoms with Gasteiger partial charge in [-0.05, 0) is 37.0 Å². The van der Waals surface area contributed by atoms with E-state index in [9.17, 15) is 9.59 Å². The highest BCUT2D eigenvalue weighted by Crippen LogP contribution is 2.14. The molecule has 0 spiro atoms. The number of amides is 2. The molecule has 21 heavy (non-hydrogen) atoms. The highest BCUT2D eigenvalue weighted by atomic mass is 16.5. The summed E-state index contributed by atoms with van der Waals surface area (Å²) < 4.78 is 5.47. The number of aromatic carboxylic acids is 1. The number of carboxylic acids is 1. The lowest BCUT2D eigenvalue weighted by atomic mass is 10.1. The van der Waals surface area contributed by atoms with Gasteiger partial charge in [-0.2, -0.15) is 0 Å². The van der Waals surface area contributed by atoms with Gasteiger partial charge < -0.3 is 20.5 Å². The van der Waals surface area contributed by atoms with Crippen molar-refractivity contribution in [1.29, 1.82) is 0 Å². The van der Waals surface area contributed by atoms with E-state index in [1.165, 1.54) is 12.1 Å². The van der Waals surface area contributed by atoms with Gasteiger partial charge in [0.2, 0.25) is 0 Å². The molecule has 2 rings (SSSR count). The minimum atomic E-state index is -0.957. The molecule has 1 atom stereocenters. The third-order valence-electron chi connectivity index (χ3n) is 3.43. The molecule has 0 radical (unpaired) electrons. The molecule has 2 amide bonds. The lowest BCUT2D eigenvalue weighted by Gasteiger charge is -2.11. The number of carboxylic acid groups (broad SMARTS) is 1. The minimum absolute atomic E-state index is 0.227. The van der Waals surface area contributed by atoms with Gasteiger partial charge >= 0.3 is 12.0 Å². The summed E-state index contributed by atoms with van der Waals surface area (Å²) in [6, 6.07) is 6.20. The van der Waals surface area contributed by atoms with Gasteiger partial charge in [-0.1, -0.05) is 12.1 Å². The molecule has 0 bridgehead atoms. The molecule has 1 fully saturated rings. The predicted octanol–water partition coefficient (Wildman–Crippen LogP) is 1.75. The van der Waals surface area contributed by atoms with Crippen molar-refractivity contribution in [3.05, 3.63) is 35.4 Å². The standard InChI is InChI=1S/C15H20N2O4/c18-14(19)12-5-3-11(4-6-12)10-17-15(20)16-8-7-13-2-1-9-21-13/h3-6,13H,1-2,7-10H2,(H,18,19)(H2,16,17,20). The van der Waals surface area contributed by atoms with Gasteiger partial charge in [0.05, 0.1) is 11.7 Å². The lowest BCUT2D eigenvalue weighted by Crippen LogP contribution is -2.36. The maximum atomic E-state index is 11.6. The lowest BCUT2D eigenvalue weighted by molar-refractivity contribution is 0.0696. The molecule has 3 N–H and O–H groups in total. The highest BCUT2D eigenvalue weighted by Gasteiger charge is 2.14. The van der Waals surface area contributed by atoms with Crippen LogP contribution in [0.3, 0.4) is 0 Å². The van der Waals surface area contributed by atoms with Gasteiger partial charge in [0.1, 0.15) is 0 Å². The maximum absolute atomic E-state index is 11.6. The van der Waals surface area contributed by atoms with Crippen LogP contribution in [0.15, 0.2) is 24.3 Å². The van der Waals surface area contributed by atoms with Gasteiger partial charge in [-0.3, -0.25) is 0 Å². The van der Waals surface area contributed by atoms with Gasteiger partial charge in [0.25, 0.3) is 0 Å². The van der Waals surface area contributed by atoms with Gasteiger partial charge in [0.15, 0.2) is 0 Å². The van der Waals surface area contributed by atoms with E-state index < -0.39 is 5.97 Å². The monoisotopic (exact) mass is 292 g/mol. The normalized spacial score (nSPS) is 17.4. The molecular formula is C15H20N2O4. The zero-order valence-corrected chi connectivity index (χ0v) is 11.8. The average Bonchev–Trinajstić information content (AvgIpc) is 2.99. The van der Waals surface area contributed by atoms with Crippen LogP contribution in [0.1, 0.15) is 35.2 Å². The van der Waals surface area contributed by atoms with Crippen molar-refractivity contribution in [2.75, 3.05) is 13.2 Å². The van der Waals surface area contributed by atoms with Crippen molar-refractivity contribution in [2.24, 2.45) is 0 Å². The summed E-state index contributed by atoms with van der Waals surface area (Å²) in [4.78, 5) is 22.3. The number of benzene rings is 1. The molecule has 6 heteroatoms. The topological polar surface area (TPSA) is 87.7 Å². The Labute approximate surface area is 123 Å². The molecule has 1 heterocycles. The first-order valence-electron chi connectivity index (χ1n) is 7.10. The highest BCUT2D eigenvalue weighted by molar-refractivity contribution is 5.87. The van der Waals surface area contributed by atoms with E-state index >= 15 is 0 Å². The molecule has 1 aliphatic heterocycles. The molecule has 0 aromatic heterocycles. The van der Waals surface area contributed by atoms with Crippen LogP contribution in [0.4, 0.5) is 4.79 Å². The summed E-state index contributed by atoms with van der Waals surface area (Å²) in [5.74, 6) is -0.957. The molecule has 1 aliphatic rings. The van der Waals surface area contributed by atoms with Crippen molar-refractivity contribution in [3.8, 4) is 0 Å². The fourth-order valence-electron chi connectivity index (χ4n) is 2.23. The first-order valence-corrected chi connectivity index (χ1v) is 7.10. The first kappa shape index (κ1) is 15.3. The molecule has 1 unspecified atom stereocenters. The number of rotatable bonds is 6. The smallest absolute Gasteiger partial charge is 0.335 e. The average molecular weight is 292 g/mol. The molecule has 1 aromatic rings. The Morgan fingerprint density at radius 3 is 2.62 bits per heavy atom. The third kappa shape index (κ3) is 5.07. The zero-order chi connectivity index (χ0) is 15.1. The molecule has 1 saturated heterocycles. The van der Waals surface area contributed by atoms with Crippen molar-refractivity contribution in [3.63, 3.8) is 0 Å². The van der Waals surface area contributed by atoms with Gasteiger partial charge in [-0.15, -0.1) is 0 Å². The van der Waals surface area contributed by atoms with Crippen LogP contribution in [0.25, 0.3) is 0 Å². The first-order chi connectivity index (χ1) is 10.1. The molecule has 1 aromatic carbocycles. The Kier molecular flexibility index (Phi) is 5.57. The van der Waals surface area contributed by atoms with Crippen LogP contribution < -0.4 is 10.6 Å². The second kappa shape index (κ2) is 7.64. The number of nitrogens with one attached hydrogen (secondary N) is 2. The van der Waals surface area contributed by atoms with E-state index in [-0.39, 0.29) is 17.7 Å². The van der Waals surface area contributed by atoms with Crippen molar-refractivity contribution < 1.29 is 19.4 Å². The second-order valence-electron chi connectivity index (χ2n) is 5.04. The van der Waals surface area contributed by atoms with E-state index in [4.69, 9.17) is 9.84 Å². The number of carbonyl (C=O) groups excluding carboxylic acids is 1. The molecule has 114 valence electrons. The van der Waals surface area contributed by atoms with Gasteiger partial charge in [-0.25, -0.2) is 9.59 Å². The molecule has 6 nitrogen and oxygen atoms in total. The Balaban J connectivity index is 1.64. The third-order valence-corrected chi connectivity index (χ3v) is 3.43. The number of urea groups is 1. The van der Waals surface area contributed by atoms with Crippen LogP contribution in [0, 0.1) is 0 Å². The predicted molar refractivity (Wildman–Crippen MR) is 77.2 cm³/mol. The Bertz CT molecular complexity index is 481. The van der Waals surface area contributed by atoms with Crippen molar-refractivity contribution in [1.82, 2.24) is 10.6 Å². The summed E-state index contributed by atoms with van der Waals surface area (Å²) in [6.45, 7) is 1.78. The van der Waals surface area contributed by atoms with Crippen LogP contribution in [0.5, 0.6) is 0 Å². The van der Waals surface area contributed by atoms with Crippen LogP contribution in [-0.2, 0) is 11.3 Å². The summed E-state index contributed by atoms with van der Waals surface area (Å²) in [6.07, 6.45) is 3.28. The molecular weight excluding hydrogens is 272 g/mol. The minimum Gasteiger partial charge on any atom is -0.478 e. The van der Waals surface area contributed by atoms with Crippen molar-refractivity contribution in [2.45, 2.75) is 31.9 Å². The van der Waals surface area contributed by atoms with E-state index in [1.54, 1.807) is 12.1 Å². The summed E-state index contributed by atoms with van der Waals surface area (Å²) in [5, 5.41) is 14.3. The van der Waals surface area contributed by atoms with Crippen LogP contribution in [-0.4, -0.2) is 36.4 Å². The number of hydrogen-bond acceptors (Lipinski definition) is 3. The number of carbonyl (C=O) groups is 2. The number of ether oxygens (including phenoxy) is 1. The van der Waals surface area contributed by atoms with Crippen LogP contribution in [0.2, 0.25) is 0 Å². The maximum Gasteiger partial charge on any atom is 0.335 e. The quantitative estimate of drug-likeness (QED) is 0.745. The largest absolute Gasteiger partial charge is 0.478 e.